The molecule has 3 saturated carbocycles. The summed E-state index contributed by atoms with van der Waals surface area (Å²) in [5, 5.41) is 0. The van der Waals surface area contributed by atoms with Crippen LogP contribution in [0.4, 0.5) is 0 Å². The summed E-state index contributed by atoms with van der Waals surface area (Å²) in [5.41, 5.74) is 0.378. The molecule has 0 aromatic carbocycles. The molecule has 0 aromatic heterocycles. The van der Waals surface area contributed by atoms with Gasteiger partial charge in [-0.15, -0.1) is 0 Å². The molecule has 0 bridgehead atoms. The molecular weight excluding hydrogens is 255 g/mol. The molecule has 6 unspecified atom stereocenters. The first-order valence-corrected chi connectivity index (χ1v) is 8.92. The maximum absolute atomic E-state index is 12.6. The molecular formula is C19H27BO. The minimum absolute atomic E-state index is 0.103. The fourth-order valence-corrected chi connectivity index (χ4v) is 6.70. The Morgan fingerprint density at radius 1 is 1.14 bits per heavy atom. The summed E-state index contributed by atoms with van der Waals surface area (Å²) < 4.78 is 0. The van der Waals surface area contributed by atoms with Crippen LogP contribution < -0.4 is 0 Å². The lowest BCUT2D eigenvalue weighted by Crippen LogP contribution is -2.52. The van der Waals surface area contributed by atoms with Gasteiger partial charge in [-0.1, -0.05) is 26.0 Å². The van der Waals surface area contributed by atoms with Gasteiger partial charge in [0.15, 0.2) is 0 Å². The van der Waals surface area contributed by atoms with E-state index >= 15 is 0 Å². The van der Waals surface area contributed by atoms with Crippen LogP contribution in [0.2, 0.25) is 5.82 Å². The van der Waals surface area contributed by atoms with E-state index in [9.17, 15) is 4.79 Å². The number of ketones is 1. The predicted octanol–water partition coefficient (Wildman–Crippen LogP) is 4.33. The number of hydrogen-bond acceptors (Lipinski definition) is 1. The van der Waals surface area contributed by atoms with E-state index in [1.54, 1.807) is 0 Å². The lowest BCUT2D eigenvalue weighted by molar-refractivity contribution is -0.136. The van der Waals surface area contributed by atoms with Crippen molar-refractivity contribution < 1.29 is 4.79 Å². The number of carbonyl (C=O) groups excluding carboxylic acids is 1. The Balaban J connectivity index is 1.68. The van der Waals surface area contributed by atoms with Gasteiger partial charge in [0.1, 0.15) is 5.78 Å². The molecule has 4 aliphatic rings. The van der Waals surface area contributed by atoms with Crippen molar-refractivity contribution >= 4 is 13.6 Å². The number of fused-ring (bicyclic) bond motifs is 5. The Labute approximate surface area is 130 Å². The number of Topliss-reactive ketones (excluding diaryl/α,β-unsaturated/α-hetero) is 1. The van der Waals surface area contributed by atoms with Crippen LogP contribution in [0.15, 0.2) is 12.2 Å². The predicted molar refractivity (Wildman–Crippen MR) is 86.1 cm³/mol. The third kappa shape index (κ3) is 1.74. The van der Waals surface area contributed by atoms with Crippen molar-refractivity contribution in [2.24, 2.45) is 34.5 Å². The normalized spacial score (nSPS) is 55.7. The van der Waals surface area contributed by atoms with Crippen molar-refractivity contribution in [1.29, 1.82) is 0 Å². The lowest BCUT2D eigenvalue weighted by Gasteiger charge is -2.58. The van der Waals surface area contributed by atoms with E-state index < -0.39 is 0 Å². The number of carbonyl (C=O) groups is 1. The van der Waals surface area contributed by atoms with E-state index in [2.05, 4.69) is 26.0 Å². The molecule has 0 heterocycles. The molecule has 0 saturated heterocycles. The van der Waals surface area contributed by atoms with Gasteiger partial charge in [0, 0.05) is 5.41 Å². The molecule has 7 atom stereocenters. The van der Waals surface area contributed by atoms with Gasteiger partial charge in [-0.25, -0.2) is 0 Å². The molecule has 4 aliphatic carbocycles. The Hall–Kier alpha value is -0.525. The molecule has 0 spiro atoms. The van der Waals surface area contributed by atoms with Gasteiger partial charge in [0.05, 0.1) is 7.85 Å². The molecule has 0 aliphatic heterocycles. The molecule has 1 nitrogen and oxygen atoms in total. The Morgan fingerprint density at radius 3 is 2.76 bits per heavy atom. The average Bonchev–Trinajstić information content (AvgIpc) is 2.70. The highest BCUT2D eigenvalue weighted by atomic mass is 16.1. The third-order valence-corrected chi connectivity index (χ3v) is 8.01. The quantitative estimate of drug-likeness (QED) is 0.477. The topological polar surface area (TPSA) is 17.1 Å². The molecule has 112 valence electrons. The van der Waals surface area contributed by atoms with Crippen molar-refractivity contribution in [3.8, 4) is 0 Å². The first-order chi connectivity index (χ1) is 9.97. The van der Waals surface area contributed by atoms with Gasteiger partial charge >= 0.3 is 0 Å². The highest BCUT2D eigenvalue weighted by Gasteiger charge is 2.60. The van der Waals surface area contributed by atoms with E-state index in [0.29, 0.717) is 17.1 Å². The monoisotopic (exact) mass is 282 g/mol. The maximum atomic E-state index is 12.6. The van der Waals surface area contributed by atoms with Crippen molar-refractivity contribution in [2.45, 2.75) is 64.6 Å². The smallest absolute Gasteiger partial charge is 0.133 e. The number of rotatable bonds is 0. The zero-order chi connectivity index (χ0) is 14.8. The van der Waals surface area contributed by atoms with Crippen LogP contribution in [0, 0.1) is 34.5 Å². The van der Waals surface area contributed by atoms with Gasteiger partial charge in [0.25, 0.3) is 0 Å². The minimum atomic E-state index is -0.185. The number of hydrogen-bond donors (Lipinski definition) is 0. The van der Waals surface area contributed by atoms with Crippen LogP contribution in [0.25, 0.3) is 0 Å². The summed E-state index contributed by atoms with van der Waals surface area (Å²) in [6.45, 7) is 4.76. The fourth-order valence-electron chi connectivity index (χ4n) is 6.70. The van der Waals surface area contributed by atoms with Crippen LogP contribution in [0.3, 0.4) is 0 Å². The Bertz CT molecular complexity index is 498. The van der Waals surface area contributed by atoms with Gasteiger partial charge in [-0.05, 0) is 79.8 Å². The van der Waals surface area contributed by atoms with Crippen molar-refractivity contribution in [2.75, 3.05) is 0 Å². The number of allylic oxidation sites excluding steroid dienone is 2. The van der Waals surface area contributed by atoms with Crippen LogP contribution in [0.1, 0.15) is 58.8 Å². The third-order valence-electron chi connectivity index (χ3n) is 8.01. The molecule has 0 aromatic rings. The van der Waals surface area contributed by atoms with E-state index in [-0.39, 0.29) is 11.2 Å². The standard InChI is InChI=1S/C19H27BO/c1-18-9-4-3-5-12(18)6-7-13-14(18)8-10-19(2)15(13)11-16(20)17(19)21/h3-4,12-16H,5-11H2,1-2H3/t12?,13?,14?,15?,16-,18?,19?/m1/s1. The van der Waals surface area contributed by atoms with Crippen LogP contribution in [-0.2, 0) is 4.79 Å². The van der Waals surface area contributed by atoms with E-state index in [4.69, 9.17) is 7.85 Å². The van der Waals surface area contributed by atoms with Gasteiger partial charge in [0.2, 0.25) is 0 Å². The summed E-state index contributed by atoms with van der Waals surface area (Å²) in [5.74, 6) is 3.17. The first kappa shape index (κ1) is 14.1. The van der Waals surface area contributed by atoms with Gasteiger partial charge in [-0.3, -0.25) is 4.79 Å². The second-order valence-electron chi connectivity index (χ2n) is 8.73. The Morgan fingerprint density at radius 2 is 1.95 bits per heavy atom. The zero-order valence-corrected chi connectivity index (χ0v) is 13.5. The maximum Gasteiger partial charge on any atom is 0.133 e. The van der Waals surface area contributed by atoms with Gasteiger partial charge in [-0.2, -0.15) is 0 Å². The van der Waals surface area contributed by atoms with Gasteiger partial charge < -0.3 is 0 Å². The van der Waals surface area contributed by atoms with Crippen LogP contribution >= 0.6 is 0 Å². The van der Waals surface area contributed by atoms with Crippen molar-refractivity contribution in [1.82, 2.24) is 0 Å². The SMILES string of the molecule is [B][C@@H]1CC2C3CCC4CC=CCC4(C)C3CCC2(C)C1=O. The van der Waals surface area contributed by atoms with Crippen molar-refractivity contribution in [3.63, 3.8) is 0 Å². The molecule has 0 amide bonds. The molecule has 2 radical (unpaired) electrons. The highest BCUT2D eigenvalue weighted by Crippen LogP contribution is 2.65. The summed E-state index contributed by atoms with van der Waals surface area (Å²) in [6.07, 6.45) is 13.3. The second-order valence-corrected chi connectivity index (χ2v) is 8.73. The second kappa shape index (κ2) is 4.49. The van der Waals surface area contributed by atoms with E-state index in [0.717, 1.165) is 30.6 Å². The van der Waals surface area contributed by atoms with E-state index in [1.165, 1.54) is 32.1 Å². The van der Waals surface area contributed by atoms with Crippen LogP contribution in [0.5, 0.6) is 0 Å². The summed E-state index contributed by atoms with van der Waals surface area (Å²) >= 11 is 0. The summed E-state index contributed by atoms with van der Waals surface area (Å²) in [7, 11) is 6.15. The minimum Gasteiger partial charge on any atom is -0.300 e. The summed E-state index contributed by atoms with van der Waals surface area (Å²) in [6, 6.07) is 0. The Kier molecular flexibility index (Phi) is 3.01. The summed E-state index contributed by atoms with van der Waals surface area (Å²) in [4.78, 5) is 12.6. The zero-order valence-electron chi connectivity index (χ0n) is 13.5. The molecule has 3 fully saturated rings. The first-order valence-electron chi connectivity index (χ1n) is 8.92. The lowest BCUT2D eigenvalue weighted by atomic mass is 9.46. The average molecular weight is 282 g/mol. The fraction of sp³-hybridized carbons (Fsp3) is 0.842. The molecule has 4 rings (SSSR count). The van der Waals surface area contributed by atoms with Crippen molar-refractivity contribution in [3.05, 3.63) is 12.2 Å². The molecule has 0 N–H and O–H groups in total. The van der Waals surface area contributed by atoms with E-state index in [1.807, 2.05) is 0 Å². The highest BCUT2D eigenvalue weighted by molar-refractivity contribution is 6.26. The molecule has 21 heavy (non-hydrogen) atoms. The molecule has 2 heteroatoms. The van der Waals surface area contributed by atoms with Crippen LogP contribution in [-0.4, -0.2) is 13.6 Å². The largest absolute Gasteiger partial charge is 0.300 e.